The molecule has 0 radical (unpaired) electrons. The Balaban J connectivity index is 2.44. The smallest absolute Gasteiger partial charge is 0.225 e. The van der Waals surface area contributed by atoms with Gasteiger partial charge in [0.25, 0.3) is 0 Å². The first-order valence-corrected chi connectivity index (χ1v) is 6.12. The Morgan fingerprint density at radius 2 is 2.33 bits per heavy atom. The van der Waals surface area contributed by atoms with E-state index < -0.39 is 0 Å². The minimum atomic E-state index is 0.193. The van der Waals surface area contributed by atoms with E-state index >= 15 is 0 Å². The highest BCUT2D eigenvalue weighted by Gasteiger charge is 2.25. The lowest BCUT2D eigenvalue weighted by Crippen LogP contribution is -2.44. The van der Waals surface area contributed by atoms with Gasteiger partial charge in [-0.05, 0) is 38.8 Å². The Bertz CT molecular complexity index is 204. The summed E-state index contributed by atoms with van der Waals surface area (Å²) in [6.45, 7) is 7.05. The van der Waals surface area contributed by atoms with E-state index in [1.165, 1.54) is 6.42 Å². The predicted molar refractivity (Wildman–Crippen MR) is 62.7 cm³/mol. The van der Waals surface area contributed by atoms with Crippen LogP contribution in [-0.4, -0.2) is 37.5 Å². The summed E-state index contributed by atoms with van der Waals surface area (Å²) >= 11 is 0. The van der Waals surface area contributed by atoms with E-state index in [1.54, 1.807) is 0 Å². The van der Waals surface area contributed by atoms with Gasteiger partial charge in [0, 0.05) is 19.0 Å². The molecule has 1 amide bonds. The standard InChI is InChI=1S/C12H24N2O/c1-4-10(2)12(15)14-7-5-6-11(9-14)8-13-3/h10-11,13H,4-9H2,1-3H3. The van der Waals surface area contributed by atoms with E-state index in [2.05, 4.69) is 17.1 Å². The fourth-order valence-electron chi connectivity index (χ4n) is 2.21. The number of amides is 1. The maximum absolute atomic E-state index is 12.0. The molecule has 0 aliphatic carbocycles. The number of hydrogen-bond donors (Lipinski definition) is 1. The van der Waals surface area contributed by atoms with E-state index in [9.17, 15) is 4.79 Å². The molecule has 0 spiro atoms. The van der Waals surface area contributed by atoms with Gasteiger partial charge < -0.3 is 10.2 Å². The van der Waals surface area contributed by atoms with Crippen LogP contribution in [0, 0.1) is 11.8 Å². The van der Waals surface area contributed by atoms with Crippen LogP contribution in [0.3, 0.4) is 0 Å². The third kappa shape index (κ3) is 3.49. The maximum Gasteiger partial charge on any atom is 0.225 e. The third-order valence-corrected chi connectivity index (χ3v) is 3.36. The molecule has 1 saturated heterocycles. The van der Waals surface area contributed by atoms with E-state index in [-0.39, 0.29) is 5.92 Å². The van der Waals surface area contributed by atoms with Crippen molar-refractivity contribution in [2.75, 3.05) is 26.7 Å². The zero-order chi connectivity index (χ0) is 11.3. The number of rotatable bonds is 4. The molecular formula is C12H24N2O. The Morgan fingerprint density at radius 1 is 1.60 bits per heavy atom. The highest BCUT2D eigenvalue weighted by molar-refractivity contribution is 5.78. The Labute approximate surface area is 93.2 Å². The largest absolute Gasteiger partial charge is 0.342 e. The van der Waals surface area contributed by atoms with Crippen molar-refractivity contribution in [3.63, 3.8) is 0 Å². The number of likely N-dealkylation sites (tertiary alicyclic amines) is 1. The summed E-state index contributed by atoms with van der Waals surface area (Å²) in [5.74, 6) is 1.19. The molecule has 0 saturated carbocycles. The quantitative estimate of drug-likeness (QED) is 0.766. The summed E-state index contributed by atoms with van der Waals surface area (Å²) in [6, 6.07) is 0. The molecule has 1 aliphatic heterocycles. The molecule has 1 N–H and O–H groups in total. The van der Waals surface area contributed by atoms with E-state index in [1.807, 2.05) is 14.0 Å². The molecule has 0 aromatic heterocycles. The highest BCUT2D eigenvalue weighted by Crippen LogP contribution is 2.18. The van der Waals surface area contributed by atoms with Crippen molar-refractivity contribution in [2.24, 2.45) is 11.8 Å². The molecule has 0 aromatic rings. The summed E-state index contributed by atoms with van der Waals surface area (Å²) < 4.78 is 0. The van der Waals surface area contributed by atoms with Crippen molar-refractivity contribution in [1.82, 2.24) is 10.2 Å². The van der Waals surface area contributed by atoms with Gasteiger partial charge in [-0.2, -0.15) is 0 Å². The average Bonchev–Trinajstić information content (AvgIpc) is 2.28. The third-order valence-electron chi connectivity index (χ3n) is 3.36. The van der Waals surface area contributed by atoms with Crippen molar-refractivity contribution < 1.29 is 4.79 Å². The fourth-order valence-corrected chi connectivity index (χ4v) is 2.21. The van der Waals surface area contributed by atoms with E-state index in [0.29, 0.717) is 11.8 Å². The SMILES string of the molecule is CCC(C)C(=O)N1CCCC(CNC)C1. The summed E-state index contributed by atoms with van der Waals surface area (Å²) in [5.41, 5.74) is 0. The molecule has 0 bridgehead atoms. The lowest BCUT2D eigenvalue weighted by molar-refractivity contribution is -0.136. The first kappa shape index (κ1) is 12.5. The minimum absolute atomic E-state index is 0.193. The van der Waals surface area contributed by atoms with E-state index in [0.717, 1.165) is 32.5 Å². The molecule has 0 aromatic carbocycles. The highest BCUT2D eigenvalue weighted by atomic mass is 16.2. The van der Waals surface area contributed by atoms with Gasteiger partial charge in [-0.3, -0.25) is 4.79 Å². The van der Waals surface area contributed by atoms with Gasteiger partial charge in [0.15, 0.2) is 0 Å². The van der Waals surface area contributed by atoms with Crippen LogP contribution < -0.4 is 5.32 Å². The molecule has 3 heteroatoms. The van der Waals surface area contributed by atoms with Gasteiger partial charge in [-0.1, -0.05) is 13.8 Å². The number of piperidine rings is 1. The van der Waals surface area contributed by atoms with Crippen LogP contribution in [-0.2, 0) is 4.79 Å². The van der Waals surface area contributed by atoms with Gasteiger partial charge >= 0.3 is 0 Å². The average molecular weight is 212 g/mol. The lowest BCUT2D eigenvalue weighted by atomic mass is 9.96. The number of carbonyl (C=O) groups is 1. The minimum Gasteiger partial charge on any atom is -0.342 e. The normalized spacial score (nSPS) is 23.9. The molecule has 1 aliphatic rings. The van der Waals surface area contributed by atoms with Crippen LogP contribution in [0.1, 0.15) is 33.1 Å². The monoisotopic (exact) mass is 212 g/mol. The summed E-state index contributed by atoms with van der Waals surface area (Å²) in [5, 5.41) is 3.20. The second-order valence-electron chi connectivity index (χ2n) is 4.66. The van der Waals surface area contributed by atoms with Crippen molar-refractivity contribution in [3.05, 3.63) is 0 Å². The number of carbonyl (C=O) groups excluding carboxylic acids is 1. The fraction of sp³-hybridized carbons (Fsp3) is 0.917. The molecule has 1 fully saturated rings. The van der Waals surface area contributed by atoms with Gasteiger partial charge in [0.05, 0.1) is 0 Å². The molecule has 1 heterocycles. The predicted octanol–water partition coefficient (Wildman–Crippen LogP) is 1.49. The van der Waals surface area contributed by atoms with Gasteiger partial charge in [0.1, 0.15) is 0 Å². The van der Waals surface area contributed by atoms with Gasteiger partial charge in [-0.25, -0.2) is 0 Å². The molecular weight excluding hydrogens is 188 g/mol. The van der Waals surface area contributed by atoms with Crippen LogP contribution in [0.5, 0.6) is 0 Å². The summed E-state index contributed by atoms with van der Waals surface area (Å²) in [7, 11) is 1.98. The number of nitrogens with zero attached hydrogens (tertiary/aromatic N) is 1. The van der Waals surface area contributed by atoms with Crippen molar-refractivity contribution in [1.29, 1.82) is 0 Å². The topological polar surface area (TPSA) is 32.3 Å². The first-order valence-electron chi connectivity index (χ1n) is 6.12. The zero-order valence-corrected chi connectivity index (χ0v) is 10.3. The first-order chi connectivity index (χ1) is 7.19. The van der Waals surface area contributed by atoms with Gasteiger partial charge in [0.2, 0.25) is 5.91 Å². The Kier molecular flexibility index (Phi) is 5.09. The van der Waals surface area contributed by atoms with E-state index in [4.69, 9.17) is 0 Å². The second-order valence-corrected chi connectivity index (χ2v) is 4.66. The second kappa shape index (κ2) is 6.11. The van der Waals surface area contributed by atoms with Gasteiger partial charge in [-0.15, -0.1) is 0 Å². The molecule has 2 atom stereocenters. The van der Waals surface area contributed by atoms with Crippen LogP contribution in [0.4, 0.5) is 0 Å². The van der Waals surface area contributed by atoms with Crippen LogP contribution in [0.25, 0.3) is 0 Å². The van der Waals surface area contributed by atoms with Crippen LogP contribution in [0.2, 0.25) is 0 Å². The molecule has 3 nitrogen and oxygen atoms in total. The molecule has 88 valence electrons. The summed E-state index contributed by atoms with van der Waals surface area (Å²) in [4.78, 5) is 14.0. The van der Waals surface area contributed by atoms with Crippen LogP contribution in [0.15, 0.2) is 0 Å². The van der Waals surface area contributed by atoms with Crippen molar-refractivity contribution >= 4 is 5.91 Å². The van der Waals surface area contributed by atoms with Crippen molar-refractivity contribution in [2.45, 2.75) is 33.1 Å². The molecule has 15 heavy (non-hydrogen) atoms. The zero-order valence-electron chi connectivity index (χ0n) is 10.3. The van der Waals surface area contributed by atoms with Crippen LogP contribution >= 0.6 is 0 Å². The molecule has 1 rings (SSSR count). The summed E-state index contributed by atoms with van der Waals surface area (Å²) in [6.07, 6.45) is 3.37. The Hall–Kier alpha value is -0.570. The maximum atomic E-state index is 12.0. The number of nitrogens with one attached hydrogen (secondary N) is 1. The number of hydrogen-bond acceptors (Lipinski definition) is 2. The Morgan fingerprint density at radius 3 is 2.93 bits per heavy atom. The lowest BCUT2D eigenvalue weighted by Gasteiger charge is -2.34. The van der Waals surface area contributed by atoms with Crippen molar-refractivity contribution in [3.8, 4) is 0 Å². The molecule has 2 unspecified atom stereocenters.